The number of hydrogen-bond donors (Lipinski definition) is 2. The molecule has 1 atom stereocenters. The van der Waals surface area contributed by atoms with E-state index in [-0.39, 0.29) is 11.9 Å². The van der Waals surface area contributed by atoms with Crippen molar-refractivity contribution in [1.82, 2.24) is 20.3 Å². The van der Waals surface area contributed by atoms with Crippen LogP contribution >= 0.6 is 0 Å². The van der Waals surface area contributed by atoms with Crippen LogP contribution in [-0.4, -0.2) is 33.5 Å². The molecular weight excluding hydrogens is 302 g/mol. The Morgan fingerprint density at radius 3 is 2.54 bits per heavy atom. The third-order valence-electron chi connectivity index (χ3n) is 3.57. The number of benzene rings is 2. The summed E-state index contributed by atoms with van der Waals surface area (Å²) in [7, 11) is 0. The van der Waals surface area contributed by atoms with Crippen molar-refractivity contribution in [3.8, 4) is 5.69 Å². The van der Waals surface area contributed by atoms with Crippen LogP contribution in [-0.2, 0) is 0 Å². The fourth-order valence-corrected chi connectivity index (χ4v) is 2.33. The molecule has 2 aromatic carbocycles. The second-order valence-corrected chi connectivity index (χ2v) is 5.52. The molecule has 1 heterocycles. The Bertz CT molecular complexity index is 769. The first-order chi connectivity index (χ1) is 11.7. The predicted molar refractivity (Wildman–Crippen MR) is 93.2 cm³/mol. The Labute approximate surface area is 140 Å². The Balaban J connectivity index is 1.53. The normalized spacial score (nSPS) is 11.7. The quantitative estimate of drug-likeness (QED) is 0.732. The summed E-state index contributed by atoms with van der Waals surface area (Å²) >= 11 is 0. The molecule has 1 aromatic heterocycles. The maximum atomic E-state index is 12.2. The van der Waals surface area contributed by atoms with E-state index in [0.29, 0.717) is 12.1 Å². The molecule has 0 saturated heterocycles. The molecule has 6 nitrogen and oxygen atoms in total. The number of carbonyl (C=O) groups is 1. The molecule has 0 spiro atoms. The van der Waals surface area contributed by atoms with Crippen molar-refractivity contribution in [1.29, 1.82) is 0 Å². The van der Waals surface area contributed by atoms with Gasteiger partial charge in [-0.1, -0.05) is 23.4 Å². The minimum atomic E-state index is -0.0955. The summed E-state index contributed by atoms with van der Waals surface area (Å²) in [6, 6.07) is 17.3. The average Bonchev–Trinajstić information content (AvgIpc) is 3.15. The molecule has 0 bridgehead atoms. The lowest BCUT2D eigenvalue weighted by Gasteiger charge is -2.16. The first kappa shape index (κ1) is 15.7. The Kier molecular flexibility index (Phi) is 4.86. The second-order valence-electron chi connectivity index (χ2n) is 5.52. The monoisotopic (exact) mass is 321 g/mol. The van der Waals surface area contributed by atoms with E-state index in [4.69, 9.17) is 0 Å². The lowest BCUT2D eigenvalue weighted by atomic mass is 10.2. The van der Waals surface area contributed by atoms with E-state index in [9.17, 15) is 4.79 Å². The minimum Gasteiger partial charge on any atom is -0.381 e. The summed E-state index contributed by atoms with van der Waals surface area (Å²) < 4.78 is 1.65. The molecule has 2 N–H and O–H groups in total. The van der Waals surface area contributed by atoms with E-state index in [1.165, 1.54) is 0 Å². The number of anilines is 1. The number of hydrogen-bond acceptors (Lipinski definition) is 4. The van der Waals surface area contributed by atoms with Gasteiger partial charge in [-0.2, -0.15) is 0 Å². The van der Waals surface area contributed by atoms with Gasteiger partial charge in [-0.15, -0.1) is 5.10 Å². The molecule has 6 heteroatoms. The van der Waals surface area contributed by atoms with Crippen LogP contribution in [0.15, 0.2) is 67.0 Å². The highest BCUT2D eigenvalue weighted by Crippen LogP contribution is 2.09. The van der Waals surface area contributed by atoms with Crippen molar-refractivity contribution in [2.24, 2.45) is 0 Å². The number of aromatic nitrogens is 3. The summed E-state index contributed by atoms with van der Waals surface area (Å²) in [6.45, 7) is 2.57. The minimum absolute atomic E-state index is 0.0955. The summed E-state index contributed by atoms with van der Waals surface area (Å²) in [4.78, 5) is 12.2. The van der Waals surface area contributed by atoms with Gasteiger partial charge in [0, 0.05) is 23.8 Å². The fourth-order valence-electron chi connectivity index (χ4n) is 2.33. The smallest absolute Gasteiger partial charge is 0.251 e. The molecule has 0 aliphatic rings. The summed E-state index contributed by atoms with van der Waals surface area (Å²) in [5, 5.41) is 14.0. The molecule has 3 aromatic rings. The van der Waals surface area contributed by atoms with Gasteiger partial charge in [0.25, 0.3) is 5.91 Å². The molecule has 0 radical (unpaired) electrons. The maximum absolute atomic E-state index is 12.2. The standard InChI is InChI=1S/C18H19N5O/c1-14(21-16-5-3-2-4-6-16)13-19-18(24)15-7-9-17(10-8-15)23-12-11-20-22-23/h2-12,14,21H,13H2,1H3,(H,19,24). The Morgan fingerprint density at radius 1 is 1.12 bits per heavy atom. The van der Waals surface area contributed by atoms with Crippen molar-refractivity contribution >= 4 is 11.6 Å². The third kappa shape index (κ3) is 3.98. The highest BCUT2D eigenvalue weighted by atomic mass is 16.1. The number of carbonyl (C=O) groups excluding carboxylic acids is 1. The van der Waals surface area contributed by atoms with Crippen LogP contribution in [0, 0.1) is 0 Å². The van der Waals surface area contributed by atoms with E-state index >= 15 is 0 Å². The van der Waals surface area contributed by atoms with Gasteiger partial charge in [0.1, 0.15) is 0 Å². The molecule has 1 amide bonds. The lowest BCUT2D eigenvalue weighted by molar-refractivity contribution is 0.0952. The average molecular weight is 321 g/mol. The largest absolute Gasteiger partial charge is 0.381 e. The predicted octanol–water partition coefficient (Wildman–Crippen LogP) is 2.50. The van der Waals surface area contributed by atoms with Gasteiger partial charge in [0.2, 0.25) is 0 Å². The molecule has 0 fully saturated rings. The molecular formula is C18H19N5O. The summed E-state index contributed by atoms with van der Waals surface area (Å²) in [5.41, 5.74) is 2.52. The Hall–Kier alpha value is -3.15. The van der Waals surface area contributed by atoms with Crippen molar-refractivity contribution in [3.05, 3.63) is 72.6 Å². The zero-order valence-corrected chi connectivity index (χ0v) is 13.4. The van der Waals surface area contributed by atoms with Gasteiger partial charge < -0.3 is 10.6 Å². The first-order valence-corrected chi connectivity index (χ1v) is 7.79. The number of para-hydroxylation sites is 1. The number of nitrogens with one attached hydrogen (secondary N) is 2. The lowest BCUT2D eigenvalue weighted by Crippen LogP contribution is -2.34. The zero-order chi connectivity index (χ0) is 16.8. The Morgan fingerprint density at radius 2 is 1.88 bits per heavy atom. The van der Waals surface area contributed by atoms with Crippen molar-refractivity contribution in [2.75, 3.05) is 11.9 Å². The van der Waals surface area contributed by atoms with E-state index in [1.54, 1.807) is 29.2 Å². The van der Waals surface area contributed by atoms with Crippen LogP contribution in [0.25, 0.3) is 5.69 Å². The number of rotatable bonds is 6. The SMILES string of the molecule is CC(CNC(=O)c1ccc(-n2ccnn2)cc1)Nc1ccccc1. The van der Waals surface area contributed by atoms with Crippen molar-refractivity contribution < 1.29 is 4.79 Å². The van der Waals surface area contributed by atoms with E-state index in [2.05, 4.69) is 20.9 Å². The second kappa shape index (κ2) is 7.41. The van der Waals surface area contributed by atoms with Crippen LogP contribution in [0.3, 0.4) is 0 Å². The number of amides is 1. The van der Waals surface area contributed by atoms with Gasteiger partial charge in [0.15, 0.2) is 0 Å². The van der Waals surface area contributed by atoms with Gasteiger partial charge in [-0.05, 0) is 43.3 Å². The highest BCUT2D eigenvalue weighted by Gasteiger charge is 2.08. The topological polar surface area (TPSA) is 71.8 Å². The van der Waals surface area contributed by atoms with Crippen LogP contribution in [0.5, 0.6) is 0 Å². The summed E-state index contributed by atoms with van der Waals surface area (Å²) in [5.74, 6) is -0.0955. The van der Waals surface area contributed by atoms with Gasteiger partial charge in [0.05, 0.1) is 18.1 Å². The van der Waals surface area contributed by atoms with E-state index in [1.807, 2.05) is 49.4 Å². The molecule has 122 valence electrons. The molecule has 1 unspecified atom stereocenters. The van der Waals surface area contributed by atoms with Gasteiger partial charge in [-0.3, -0.25) is 4.79 Å². The summed E-state index contributed by atoms with van der Waals surface area (Å²) in [6.07, 6.45) is 3.37. The molecule has 0 aliphatic heterocycles. The van der Waals surface area contributed by atoms with Gasteiger partial charge >= 0.3 is 0 Å². The molecule has 0 aliphatic carbocycles. The van der Waals surface area contributed by atoms with Crippen LogP contribution in [0.4, 0.5) is 5.69 Å². The van der Waals surface area contributed by atoms with Crippen LogP contribution in [0.2, 0.25) is 0 Å². The van der Waals surface area contributed by atoms with Gasteiger partial charge in [-0.25, -0.2) is 4.68 Å². The molecule has 3 rings (SSSR count). The zero-order valence-electron chi connectivity index (χ0n) is 13.4. The van der Waals surface area contributed by atoms with Crippen molar-refractivity contribution in [3.63, 3.8) is 0 Å². The van der Waals surface area contributed by atoms with E-state index < -0.39 is 0 Å². The third-order valence-corrected chi connectivity index (χ3v) is 3.57. The number of nitrogens with zero attached hydrogens (tertiary/aromatic N) is 3. The van der Waals surface area contributed by atoms with Crippen LogP contribution < -0.4 is 10.6 Å². The highest BCUT2D eigenvalue weighted by molar-refractivity contribution is 5.94. The van der Waals surface area contributed by atoms with Crippen molar-refractivity contribution in [2.45, 2.75) is 13.0 Å². The van der Waals surface area contributed by atoms with Crippen LogP contribution in [0.1, 0.15) is 17.3 Å². The first-order valence-electron chi connectivity index (χ1n) is 7.79. The van der Waals surface area contributed by atoms with E-state index in [0.717, 1.165) is 11.4 Å². The fraction of sp³-hybridized carbons (Fsp3) is 0.167. The molecule has 0 saturated carbocycles. The molecule has 24 heavy (non-hydrogen) atoms. The maximum Gasteiger partial charge on any atom is 0.251 e.